The highest BCUT2D eigenvalue weighted by Gasteiger charge is 2.14. The topological polar surface area (TPSA) is 46.5 Å². The molecule has 0 spiro atoms. The Morgan fingerprint density at radius 2 is 1.84 bits per heavy atom. The molecule has 2 rings (SSSR count). The highest BCUT2D eigenvalue weighted by molar-refractivity contribution is 6.14. The third kappa shape index (κ3) is 2.19. The van der Waals surface area contributed by atoms with E-state index in [0.717, 1.165) is 22.8 Å². The second-order valence-corrected chi connectivity index (χ2v) is 4.55. The second kappa shape index (κ2) is 5.14. The van der Waals surface area contributed by atoms with Crippen molar-refractivity contribution in [2.75, 3.05) is 7.11 Å². The molecule has 0 saturated carbocycles. The molecule has 0 aliphatic heterocycles. The molecule has 0 heterocycles. The van der Waals surface area contributed by atoms with E-state index in [9.17, 15) is 9.90 Å². The first-order valence-electron chi connectivity index (χ1n) is 6.02. The van der Waals surface area contributed by atoms with Gasteiger partial charge in [-0.15, -0.1) is 0 Å². The Labute approximate surface area is 112 Å². The minimum Gasteiger partial charge on any atom is -0.504 e. The number of hydrogen-bond acceptors (Lipinski definition) is 3. The summed E-state index contributed by atoms with van der Waals surface area (Å²) in [5.74, 6) is 0.468. The van der Waals surface area contributed by atoms with Crippen molar-refractivity contribution in [3.05, 3.63) is 41.5 Å². The van der Waals surface area contributed by atoms with Gasteiger partial charge in [-0.1, -0.05) is 29.8 Å². The van der Waals surface area contributed by atoms with Gasteiger partial charge < -0.3 is 9.84 Å². The number of carbonyl (C=O) groups is 1. The van der Waals surface area contributed by atoms with Crippen LogP contribution in [0.25, 0.3) is 16.3 Å². The average Bonchev–Trinajstić information content (AvgIpc) is 2.42. The van der Waals surface area contributed by atoms with E-state index in [-0.39, 0.29) is 5.75 Å². The van der Waals surface area contributed by atoms with Crippen LogP contribution in [0.3, 0.4) is 0 Å². The van der Waals surface area contributed by atoms with Crippen molar-refractivity contribution in [1.29, 1.82) is 0 Å². The Kier molecular flexibility index (Phi) is 3.56. The van der Waals surface area contributed by atoms with E-state index in [1.165, 1.54) is 7.11 Å². The number of aromatic hydroxyl groups is 1. The number of phenols is 1. The summed E-state index contributed by atoms with van der Waals surface area (Å²) in [5.41, 5.74) is 2.32. The fourth-order valence-corrected chi connectivity index (χ4v) is 2.16. The van der Waals surface area contributed by atoms with Crippen LogP contribution in [0.1, 0.15) is 19.4 Å². The number of allylic oxidation sites excluding steroid dienone is 2. The maximum Gasteiger partial charge on any atom is 0.165 e. The van der Waals surface area contributed by atoms with E-state index < -0.39 is 0 Å². The third-order valence-corrected chi connectivity index (χ3v) is 3.15. The largest absolute Gasteiger partial charge is 0.504 e. The molecule has 0 amide bonds. The van der Waals surface area contributed by atoms with E-state index in [2.05, 4.69) is 0 Å². The lowest BCUT2D eigenvalue weighted by molar-refractivity contribution is -0.103. The van der Waals surface area contributed by atoms with Gasteiger partial charge in [0.25, 0.3) is 0 Å². The third-order valence-electron chi connectivity index (χ3n) is 3.15. The van der Waals surface area contributed by atoms with Gasteiger partial charge in [0.1, 0.15) is 0 Å². The molecule has 0 fully saturated rings. The number of methoxy groups -OCH3 is 1. The van der Waals surface area contributed by atoms with Crippen molar-refractivity contribution >= 4 is 22.6 Å². The zero-order valence-corrected chi connectivity index (χ0v) is 11.2. The summed E-state index contributed by atoms with van der Waals surface area (Å²) in [7, 11) is 1.50. The molecule has 1 N–H and O–H groups in total. The second-order valence-electron chi connectivity index (χ2n) is 4.55. The predicted molar refractivity (Wildman–Crippen MR) is 76.5 cm³/mol. The van der Waals surface area contributed by atoms with Gasteiger partial charge in [0.15, 0.2) is 17.8 Å². The number of aldehydes is 1. The number of carbonyl (C=O) groups excluding carboxylic acids is 1. The first kappa shape index (κ1) is 13.1. The van der Waals surface area contributed by atoms with Gasteiger partial charge in [-0.25, -0.2) is 0 Å². The van der Waals surface area contributed by atoms with E-state index >= 15 is 0 Å². The molecule has 2 aromatic rings. The molecule has 0 atom stereocenters. The summed E-state index contributed by atoms with van der Waals surface area (Å²) in [4.78, 5) is 11.3. The van der Waals surface area contributed by atoms with Crippen LogP contribution >= 0.6 is 0 Å². The van der Waals surface area contributed by atoms with Crippen LogP contribution in [0.2, 0.25) is 0 Å². The van der Waals surface area contributed by atoms with Crippen molar-refractivity contribution in [2.24, 2.45) is 0 Å². The van der Waals surface area contributed by atoms with Gasteiger partial charge in [-0.05, 0) is 30.9 Å². The SMILES string of the molecule is COc1cc(C(C=O)=C(C)C)c2ccccc2c1O. The minimum absolute atomic E-state index is 0.0980. The normalized spacial score (nSPS) is 10.3. The fourth-order valence-electron chi connectivity index (χ4n) is 2.16. The number of rotatable bonds is 3. The van der Waals surface area contributed by atoms with Crippen LogP contribution in [0.4, 0.5) is 0 Å². The molecule has 2 aromatic carbocycles. The number of hydrogen-bond donors (Lipinski definition) is 1. The van der Waals surface area contributed by atoms with Crippen LogP contribution in [0.5, 0.6) is 11.5 Å². The van der Waals surface area contributed by atoms with E-state index in [1.807, 2.05) is 38.1 Å². The zero-order valence-electron chi connectivity index (χ0n) is 11.2. The molecule has 0 aromatic heterocycles. The summed E-state index contributed by atoms with van der Waals surface area (Å²) >= 11 is 0. The molecule has 19 heavy (non-hydrogen) atoms. The molecule has 98 valence electrons. The van der Waals surface area contributed by atoms with Gasteiger partial charge in [-0.2, -0.15) is 0 Å². The van der Waals surface area contributed by atoms with Crippen molar-refractivity contribution < 1.29 is 14.6 Å². The summed E-state index contributed by atoms with van der Waals surface area (Å²) in [5, 5.41) is 11.7. The Balaban J connectivity index is 2.92. The maximum absolute atomic E-state index is 11.3. The van der Waals surface area contributed by atoms with Crippen molar-refractivity contribution in [3.8, 4) is 11.5 Å². The first-order chi connectivity index (χ1) is 9.10. The first-order valence-corrected chi connectivity index (χ1v) is 6.02. The van der Waals surface area contributed by atoms with Crippen LogP contribution in [0, 0.1) is 0 Å². The van der Waals surface area contributed by atoms with Crippen LogP contribution < -0.4 is 4.74 Å². The summed E-state index contributed by atoms with van der Waals surface area (Å²) < 4.78 is 5.18. The van der Waals surface area contributed by atoms with Crippen molar-refractivity contribution in [1.82, 2.24) is 0 Å². The monoisotopic (exact) mass is 256 g/mol. The lowest BCUT2D eigenvalue weighted by Crippen LogP contribution is -1.94. The van der Waals surface area contributed by atoms with Crippen LogP contribution in [-0.2, 0) is 4.79 Å². The van der Waals surface area contributed by atoms with Crippen LogP contribution in [-0.4, -0.2) is 18.5 Å². The molecule has 0 aliphatic carbocycles. The molecular formula is C16H16O3. The number of ether oxygens (including phenoxy) is 1. The molecular weight excluding hydrogens is 240 g/mol. The van der Waals surface area contributed by atoms with E-state index in [0.29, 0.717) is 16.7 Å². The van der Waals surface area contributed by atoms with Gasteiger partial charge in [0, 0.05) is 11.0 Å². The maximum atomic E-state index is 11.3. The highest BCUT2D eigenvalue weighted by atomic mass is 16.5. The Morgan fingerprint density at radius 1 is 1.21 bits per heavy atom. The molecule has 0 bridgehead atoms. The standard InChI is InChI=1S/C16H16O3/c1-10(2)14(9-17)13-8-15(19-3)16(18)12-7-5-4-6-11(12)13/h4-9,18H,1-3H3. The fraction of sp³-hybridized carbons (Fsp3) is 0.188. The Bertz CT molecular complexity index is 665. The molecule has 0 radical (unpaired) electrons. The molecule has 3 heteroatoms. The lowest BCUT2D eigenvalue weighted by atomic mass is 9.95. The minimum atomic E-state index is 0.0980. The Hall–Kier alpha value is -2.29. The number of benzene rings is 2. The average molecular weight is 256 g/mol. The molecule has 3 nitrogen and oxygen atoms in total. The molecule has 0 saturated heterocycles. The summed E-state index contributed by atoms with van der Waals surface area (Å²) in [6.45, 7) is 3.77. The molecule has 0 aliphatic rings. The predicted octanol–water partition coefficient (Wildman–Crippen LogP) is 3.55. The zero-order chi connectivity index (χ0) is 14.0. The van der Waals surface area contributed by atoms with Crippen molar-refractivity contribution in [2.45, 2.75) is 13.8 Å². The van der Waals surface area contributed by atoms with Gasteiger partial charge in [-0.3, -0.25) is 4.79 Å². The van der Waals surface area contributed by atoms with E-state index in [4.69, 9.17) is 4.74 Å². The van der Waals surface area contributed by atoms with Crippen molar-refractivity contribution in [3.63, 3.8) is 0 Å². The number of phenolic OH excluding ortho intramolecular Hbond substituents is 1. The number of fused-ring (bicyclic) bond motifs is 1. The summed E-state index contributed by atoms with van der Waals surface area (Å²) in [6.07, 6.45) is 0.841. The van der Waals surface area contributed by atoms with Gasteiger partial charge >= 0.3 is 0 Å². The highest BCUT2D eigenvalue weighted by Crippen LogP contribution is 2.39. The van der Waals surface area contributed by atoms with Gasteiger partial charge in [0.05, 0.1) is 7.11 Å². The van der Waals surface area contributed by atoms with Crippen LogP contribution in [0.15, 0.2) is 35.9 Å². The smallest absolute Gasteiger partial charge is 0.165 e. The quantitative estimate of drug-likeness (QED) is 0.674. The van der Waals surface area contributed by atoms with E-state index in [1.54, 1.807) is 6.07 Å². The Morgan fingerprint density at radius 3 is 2.37 bits per heavy atom. The summed E-state index contributed by atoms with van der Waals surface area (Å²) in [6, 6.07) is 9.12. The molecule has 0 unspecified atom stereocenters. The lowest BCUT2D eigenvalue weighted by Gasteiger charge is -2.13. The van der Waals surface area contributed by atoms with Gasteiger partial charge in [0.2, 0.25) is 0 Å².